The van der Waals surface area contributed by atoms with E-state index >= 15 is 0 Å². The van der Waals surface area contributed by atoms with Crippen molar-refractivity contribution < 1.29 is 13.9 Å². The van der Waals surface area contributed by atoms with Gasteiger partial charge in [-0.25, -0.2) is 4.39 Å². The van der Waals surface area contributed by atoms with Gasteiger partial charge < -0.3 is 15.0 Å². The lowest BCUT2D eigenvalue weighted by Gasteiger charge is -2.06. The Hall–Kier alpha value is -3.09. The van der Waals surface area contributed by atoms with Crippen LogP contribution in [0.3, 0.4) is 0 Å². The molecule has 0 fully saturated rings. The second-order valence-electron chi connectivity index (χ2n) is 4.55. The molecule has 0 saturated carbocycles. The van der Waals surface area contributed by atoms with Gasteiger partial charge in [-0.15, -0.1) is 0 Å². The summed E-state index contributed by atoms with van der Waals surface area (Å²) in [7, 11) is 1.38. The fourth-order valence-electron chi connectivity index (χ4n) is 2.01. The molecule has 0 radical (unpaired) electrons. The molecule has 1 amide bonds. The van der Waals surface area contributed by atoms with Crippen molar-refractivity contribution >= 4 is 11.6 Å². The molecule has 2 aromatic heterocycles. The van der Waals surface area contributed by atoms with Crippen molar-refractivity contribution in [3.63, 3.8) is 0 Å². The second kappa shape index (κ2) is 5.72. The normalized spacial score (nSPS) is 10.5. The van der Waals surface area contributed by atoms with Crippen LogP contribution in [0.5, 0.6) is 5.75 Å². The molecule has 7 heteroatoms. The van der Waals surface area contributed by atoms with Gasteiger partial charge in [0.1, 0.15) is 11.4 Å². The van der Waals surface area contributed by atoms with Crippen LogP contribution in [0.4, 0.5) is 10.1 Å². The smallest absolute Gasteiger partial charge is 0.273 e. The van der Waals surface area contributed by atoms with Crippen molar-refractivity contribution in [1.29, 1.82) is 0 Å². The van der Waals surface area contributed by atoms with Crippen molar-refractivity contribution in [1.82, 2.24) is 15.2 Å². The summed E-state index contributed by atoms with van der Waals surface area (Å²) in [4.78, 5) is 15.1. The van der Waals surface area contributed by atoms with E-state index in [4.69, 9.17) is 4.74 Å². The van der Waals surface area contributed by atoms with Gasteiger partial charge in [-0.3, -0.25) is 9.89 Å². The predicted octanol–water partition coefficient (Wildman–Crippen LogP) is 2.80. The van der Waals surface area contributed by atoms with E-state index in [0.29, 0.717) is 11.4 Å². The van der Waals surface area contributed by atoms with Gasteiger partial charge in [0.15, 0.2) is 11.6 Å². The summed E-state index contributed by atoms with van der Waals surface area (Å²) in [6, 6.07) is 9.49. The molecular formula is C15H13FN4O2. The van der Waals surface area contributed by atoms with E-state index in [1.54, 1.807) is 18.3 Å². The van der Waals surface area contributed by atoms with Crippen LogP contribution in [0.25, 0.3) is 11.4 Å². The first-order valence-electron chi connectivity index (χ1n) is 6.51. The van der Waals surface area contributed by atoms with E-state index in [0.717, 1.165) is 5.69 Å². The highest BCUT2D eigenvalue weighted by Gasteiger charge is 2.12. The number of ether oxygens (including phenoxy) is 1. The maximum atomic E-state index is 13.6. The van der Waals surface area contributed by atoms with Crippen LogP contribution in [-0.2, 0) is 0 Å². The molecule has 0 atom stereocenters. The van der Waals surface area contributed by atoms with E-state index in [1.807, 2.05) is 12.1 Å². The summed E-state index contributed by atoms with van der Waals surface area (Å²) in [5, 5.41) is 9.30. The number of hydrogen-bond acceptors (Lipinski definition) is 3. The monoisotopic (exact) mass is 300 g/mol. The van der Waals surface area contributed by atoms with E-state index in [-0.39, 0.29) is 11.4 Å². The Kier molecular flexibility index (Phi) is 3.61. The molecule has 3 aromatic rings. The molecule has 0 unspecified atom stereocenters. The standard InChI is InChI=1S/C15H13FN4O2/c1-22-14-5-4-9(7-10(14)16)18-15(21)13-8-12(19-20-13)11-3-2-6-17-11/h2-8,17H,1H3,(H,18,21)(H,19,20). The number of carbonyl (C=O) groups excluding carboxylic acids is 1. The Balaban J connectivity index is 1.76. The first-order valence-corrected chi connectivity index (χ1v) is 6.51. The molecule has 3 rings (SSSR count). The highest BCUT2D eigenvalue weighted by Crippen LogP contribution is 2.21. The molecule has 3 N–H and O–H groups in total. The number of hydrogen-bond donors (Lipinski definition) is 3. The lowest BCUT2D eigenvalue weighted by molar-refractivity contribution is 0.102. The number of carbonyl (C=O) groups is 1. The first kappa shape index (κ1) is 13.9. The number of nitrogens with one attached hydrogen (secondary N) is 3. The molecule has 0 aliphatic carbocycles. The van der Waals surface area contributed by atoms with Gasteiger partial charge in [-0.1, -0.05) is 0 Å². The molecule has 0 aliphatic rings. The van der Waals surface area contributed by atoms with Crippen molar-refractivity contribution in [3.05, 3.63) is 54.1 Å². The third-order valence-corrected chi connectivity index (χ3v) is 3.11. The lowest BCUT2D eigenvalue weighted by Crippen LogP contribution is -2.12. The van der Waals surface area contributed by atoms with Crippen molar-refractivity contribution in [3.8, 4) is 17.1 Å². The van der Waals surface area contributed by atoms with Gasteiger partial charge in [0.25, 0.3) is 5.91 Å². The number of rotatable bonds is 4. The topological polar surface area (TPSA) is 82.8 Å². The quantitative estimate of drug-likeness (QED) is 0.693. The van der Waals surface area contributed by atoms with Crippen molar-refractivity contribution in [2.75, 3.05) is 12.4 Å². The van der Waals surface area contributed by atoms with Gasteiger partial charge >= 0.3 is 0 Å². The van der Waals surface area contributed by atoms with Gasteiger partial charge in [0.2, 0.25) is 0 Å². The third kappa shape index (κ3) is 2.69. The molecule has 0 spiro atoms. The number of amides is 1. The molecular weight excluding hydrogens is 287 g/mol. The molecule has 0 aliphatic heterocycles. The van der Waals surface area contributed by atoms with E-state index < -0.39 is 11.7 Å². The zero-order chi connectivity index (χ0) is 15.5. The van der Waals surface area contributed by atoms with Gasteiger partial charge in [-0.2, -0.15) is 5.10 Å². The largest absolute Gasteiger partial charge is 0.494 e. The number of H-pyrrole nitrogens is 2. The second-order valence-corrected chi connectivity index (χ2v) is 4.55. The summed E-state index contributed by atoms with van der Waals surface area (Å²) in [5.41, 5.74) is 2.03. The Morgan fingerprint density at radius 3 is 2.86 bits per heavy atom. The summed E-state index contributed by atoms with van der Waals surface area (Å²) >= 11 is 0. The van der Waals surface area contributed by atoms with E-state index in [9.17, 15) is 9.18 Å². The molecule has 1 aromatic carbocycles. The molecule has 0 saturated heterocycles. The fourth-order valence-corrected chi connectivity index (χ4v) is 2.01. The Morgan fingerprint density at radius 2 is 2.18 bits per heavy atom. The minimum atomic E-state index is -0.544. The van der Waals surface area contributed by atoms with E-state index in [2.05, 4.69) is 20.5 Å². The van der Waals surface area contributed by atoms with E-state index in [1.165, 1.54) is 19.2 Å². The molecule has 2 heterocycles. The zero-order valence-corrected chi connectivity index (χ0v) is 11.7. The average Bonchev–Trinajstić information content (AvgIpc) is 3.18. The Morgan fingerprint density at radius 1 is 1.32 bits per heavy atom. The van der Waals surface area contributed by atoms with Crippen LogP contribution in [0.1, 0.15) is 10.5 Å². The number of halogens is 1. The zero-order valence-electron chi connectivity index (χ0n) is 11.7. The van der Waals surface area contributed by atoms with Crippen LogP contribution in [0.15, 0.2) is 42.6 Å². The highest BCUT2D eigenvalue weighted by atomic mass is 19.1. The Bertz CT molecular complexity index is 796. The average molecular weight is 300 g/mol. The molecule has 22 heavy (non-hydrogen) atoms. The molecule has 0 bridgehead atoms. The third-order valence-electron chi connectivity index (χ3n) is 3.11. The van der Waals surface area contributed by atoms with Gasteiger partial charge in [0, 0.05) is 18.0 Å². The number of methoxy groups -OCH3 is 1. The van der Waals surface area contributed by atoms with Crippen LogP contribution in [0.2, 0.25) is 0 Å². The lowest BCUT2D eigenvalue weighted by atomic mass is 10.2. The number of benzene rings is 1. The number of nitrogens with zero attached hydrogens (tertiary/aromatic N) is 1. The minimum absolute atomic E-state index is 0.119. The summed E-state index contributed by atoms with van der Waals surface area (Å²) < 4.78 is 18.4. The summed E-state index contributed by atoms with van der Waals surface area (Å²) in [6.45, 7) is 0. The highest BCUT2D eigenvalue weighted by molar-refractivity contribution is 6.03. The van der Waals surface area contributed by atoms with Gasteiger partial charge in [0.05, 0.1) is 12.8 Å². The molecule has 112 valence electrons. The summed E-state index contributed by atoms with van der Waals surface area (Å²) in [5.74, 6) is -0.833. The van der Waals surface area contributed by atoms with Crippen molar-refractivity contribution in [2.45, 2.75) is 0 Å². The van der Waals surface area contributed by atoms with Crippen molar-refractivity contribution in [2.24, 2.45) is 0 Å². The maximum absolute atomic E-state index is 13.6. The predicted molar refractivity (Wildman–Crippen MR) is 79.3 cm³/mol. The number of aromatic nitrogens is 3. The van der Waals surface area contributed by atoms with Gasteiger partial charge in [-0.05, 0) is 30.3 Å². The Labute approximate surface area is 125 Å². The molecule has 6 nitrogen and oxygen atoms in total. The summed E-state index contributed by atoms with van der Waals surface area (Å²) in [6.07, 6.45) is 1.77. The minimum Gasteiger partial charge on any atom is -0.494 e. The van der Waals surface area contributed by atoms with Crippen LogP contribution < -0.4 is 10.1 Å². The SMILES string of the molecule is COc1ccc(NC(=O)c2cc(-c3ccc[nH]3)n[nH]2)cc1F. The van der Waals surface area contributed by atoms with Crippen LogP contribution in [0, 0.1) is 5.82 Å². The first-order chi connectivity index (χ1) is 10.7. The fraction of sp³-hybridized carbons (Fsp3) is 0.0667. The number of anilines is 1. The van der Waals surface area contributed by atoms with Crippen LogP contribution in [-0.4, -0.2) is 28.2 Å². The maximum Gasteiger partial charge on any atom is 0.273 e. The number of aromatic amines is 2. The van der Waals surface area contributed by atoms with Crippen LogP contribution >= 0.6 is 0 Å².